The van der Waals surface area contributed by atoms with Crippen molar-refractivity contribution < 1.29 is 107 Å². The van der Waals surface area contributed by atoms with Gasteiger partial charge in [-0.2, -0.15) is 0 Å². The number of hydrogen-bond acceptors (Lipinski definition) is 18. The summed E-state index contributed by atoms with van der Waals surface area (Å²) in [5.74, 6) is 13.6. The van der Waals surface area contributed by atoms with E-state index in [1.807, 2.05) is 24.3 Å². The second kappa shape index (κ2) is 29.2. The predicted octanol–water partition coefficient (Wildman–Crippen LogP) is 15.5. The number of rotatable bonds is 28. The molecule has 16 aliphatic rings. The van der Waals surface area contributed by atoms with Crippen molar-refractivity contribution in [1.29, 1.82) is 0 Å². The van der Waals surface area contributed by atoms with Gasteiger partial charge >= 0.3 is 45.1 Å². The molecule has 16 fully saturated rings. The van der Waals surface area contributed by atoms with E-state index in [0.717, 1.165) is 157 Å². The fourth-order valence-electron chi connectivity index (χ4n) is 23.8. The van der Waals surface area contributed by atoms with E-state index in [2.05, 4.69) is 27.7 Å². The lowest BCUT2D eigenvalue weighted by atomic mass is 9.50. The molecule has 0 unspecified atom stereocenters. The zero-order valence-electron chi connectivity index (χ0n) is 63.5. The molecule has 0 heterocycles. The summed E-state index contributed by atoms with van der Waals surface area (Å²) in [7, 11) is 3.12. The minimum absolute atomic E-state index is 0.212. The van der Waals surface area contributed by atoms with Crippen molar-refractivity contribution in [1.82, 2.24) is 0 Å². The van der Waals surface area contributed by atoms with Crippen molar-refractivity contribution in [2.24, 2.45) is 94.7 Å². The Bertz CT molecular complexity index is 3720. The van der Waals surface area contributed by atoms with Crippen LogP contribution >= 0.6 is 0 Å². The van der Waals surface area contributed by atoms with Gasteiger partial charge in [0.2, 0.25) is 18.6 Å². The lowest BCUT2D eigenvalue weighted by Crippen LogP contribution is -3.61. The molecule has 0 amide bonds. The molecular weight excluding hydrogens is 1500 g/mol. The van der Waals surface area contributed by atoms with Gasteiger partial charge in [-0.05, 0) is 348 Å². The van der Waals surface area contributed by atoms with E-state index in [9.17, 15) is 19.2 Å². The van der Waals surface area contributed by atoms with Gasteiger partial charge < -0.3 is 66.3 Å². The molecule has 0 aliphatic heterocycles. The van der Waals surface area contributed by atoms with Crippen LogP contribution in [0.3, 0.4) is 0 Å². The van der Waals surface area contributed by atoms with Gasteiger partial charge in [0.1, 0.15) is 68.4 Å². The lowest BCUT2D eigenvalue weighted by Gasteiger charge is -2.59. The fraction of sp³-hybridized carbons (Fsp3) is 0.556. The molecule has 18 nitrogen and oxygen atoms in total. The van der Waals surface area contributed by atoms with Crippen LogP contribution in [-0.2, 0) is 38.1 Å². The highest BCUT2D eigenvalue weighted by atomic mass is 127. The number of carbonyl (C=O) groups is 4. The van der Waals surface area contributed by atoms with E-state index in [-0.39, 0.29) is 50.3 Å². The molecule has 16 saturated carbocycles. The van der Waals surface area contributed by atoms with E-state index in [0.29, 0.717) is 128 Å². The van der Waals surface area contributed by atoms with E-state index in [4.69, 9.17) is 66.3 Å². The van der Waals surface area contributed by atoms with Gasteiger partial charge in [-0.25, -0.2) is 19.2 Å². The van der Waals surface area contributed by atoms with Gasteiger partial charge in [0.15, 0.2) is 49.4 Å². The predicted molar refractivity (Wildman–Crippen MR) is 398 cm³/mol. The fourth-order valence-corrected chi connectivity index (χ4v) is 26.2. The van der Waals surface area contributed by atoms with Gasteiger partial charge in [0.05, 0.1) is 14.2 Å². The average molecular weight is 1600 g/mol. The van der Waals surface area contributed by atoms with Crippen molar-refractivity contribution in [3.63, 3.8) is 0 Å². The topological polar surface area (TPSA) is 197 Å². The van der Waals surface area contributed by atoms with Crippen molar-refractivity contribution in [2.45, 2.75) is 179 Å². The smallest absolute Gasteiger partial charge is 0.358 e. The summed E-state index contributed by atoms with van der Waals surface area (Å²) in [6.45, 7) is 7.71. The number of carbonyl (C=O) groups excluding carboxylic acids is 4. The van der Waals surface area contributed by atoms with Gasteiger partial charge in [-0.3, -0.25) is 0 Å². The highest BCUT2D eigenvalue weighted by Crippen LogP contribution is 2.64. The van der Waals surface area contributed by atoms with Gasteiger partial charge in [-0.15, -0.1) is 0 Å². The summed E-state index contributed by atoms with van der Waals surface area (Å²) in [6, 6.07) is 36.1. The van der Waals surface area contributed by atoms with Crippen molar-refractivity contribution in [2.75, 3.05) is 40.6 Å². The first kappa shape index (κ1) is 72.5. The van der Waals surface area contributed by atoms with Crippen LogP contribution in [0.15, 0.2) is 121 Å². The van der Waals surface area contributed by atoms with E-state index in [1.54, 1.807) is 111 Å². The summed E-state index contributed by atoms with van der Waals surface area (Å²) in [4.78, 5) is 54.1. The molecule has 16 bridgehead atoms. The Morgan fingerprint density at radius 2 is 0.459 bits per heavy atom. The normalized spacial score (nSPS) is 33.9. The maximum atomic E-state index is 13.5. The average Bonchev–Trinajstić information content (AvgIpc) is 0.748. The van der Waals surface area contributed by atoms with E-state index >= 15 is 0 Å². The molecular formula is C90H102IO18+. The minimum atomic E-state index is -1.19. The molecule has 19 heteroatoms. The van der Waals surface area contributed by atoms with Crippen LogP contribution in [0.2, 0.25) is 0 Å². The van der Waals surface area contributed by atoms with Gasteiger partial charge in [0, 0.05) is 24.3 Å². The first-order valence-electron chi connectivity index (χ1n) is 40.3. The molecule has 576 valence electrons. The Hall–Kier alpha value is -8.07. The molecule has 0 N–H and O–H groups in total. The molecule has 22 rings (SSSR count). The molecule has 0 aromatic heterocycles. The third-order valence-corrected chi connectivity index (χ3v) is 31.1. The minimum Gasteiger partial charge on any atom is -0.490 e. The first-order chi connectivity index (χ1) is 52.7. The van der Waals surface area contributed by atoms with Crippen LogP contribution in [0, 0.1) is 102 Å². The van der Waals surface area contributed by atoms with Gasteiger partial charge in [-0.1, -0.05) is 0 Å². The summed E-state index contributed by atoms with van der Waals surface area (Å²) < 4.78 is 90.7. The summed E-state index contributed by atoms with van der Waals surface area (Å²) >= 11 is -1.19. The monoisotopic (exact) mass is 1600 g/mol. The number of ether oxygens (including phenoxy) is 14. The Kier molecular flexibility index (Phi) is 19.4. The Morgan fingerprint density at radius 1 is 0.284 bits per heavy atom. The van der Waals surface area contributed by atoms with Crippen molar-refractivity contribution >= 4 is 23.9 Å². The highest BCUT2D eigenvalue weighted by molar-refractivity contribution is 5.73. The highest BCUT2D eigenvalue weighted by Gasteiger charge is 2.61. The lowest BCUT2D eigenvalue weighted by molar-refractivity contribution is -0.597. The molecule has 6 aromatic rings. The second-order valence-corrected chi connectivity index (χ2v) is 38.3. The third-order valence-electron chi connectivity index (χ3n) is 28.6. The molecule has 0 spiro atoms. The summed E-state index contributed by atoms with van der Waals surface area (Å²) in [5.41, 5.74) is -1.84. The first-order valence-corrected chi connectivity index (χ1v) is 42.5. The van der Waals surface area contributed by atoms with Crippen LogP contribution < -0.4 is 68.6 Å². The van der Waals surface area contributed by atoms with E-state index in [1.165, 1.54) is 25.7 Å². The third kappa shape index (κ3) is 14.6. The second-order valence-electron chi connectivity index (χ2n) is 35.3. The molecule has 0 atom stereocenters. The Balaban J connectivity index is 0.599. The maximum Gasteiger partial charge on any atom is 0.358 e. The number of esters is 4. The van der Waals surface area contributed by atoms with Crippen LogP contribution in [0.1, 0.15) is 156 Å². The number of methoxy groups -OCH3 is 2. The quantitative estimate of drug-likeness (QED) is 0.0255. The number of hydrogen-bond donors (Lipinski definition) is 0. The largest absolute Gasteiger partial charge is 0.490 e. The maximum absolute atomic E-state index is 13.5. The van der Waals surface area contributed by atoms with Crippen LogP contribution in [0.25, 0.3) is 0 Å². The van der Waals surface area contributed by atoms with Crippen LogP contribution in [0.4, 0.5) is 0 Å². The molecule has 6 aromatic carbocycles. The number of halogens is 1. The molecule has 16 aliphatic carbocycles. The van der Waals surface area contributed by atoms with E-state index < -0.39 is 43.6 Å². The number of benzene rings is 6. The summed E-state index contributed by atoms with van der Waals surface area (Å²) in [6.07, 6.45) is 23.4. The van der Waals surface area contributed by atoms with Crippen LogP contribution in [-0.4, -0.2) is 86.9 Å². The SMILES string of the molecule is COc1c(Oc2ccc(OCC(=O)OC3(C)C4CC5CC(C4)CC3C5)cc2)cc([I+]c2cc(Oc3ccc(OCC(=O)OC4(C)C5CC6CC(C5)CC4C6)cc3)c(OC)c(Oc3ccc(OCC(=O)OC4(C)C5CC6CC(C5)CC4C6)cc3)c2)cc1Oc1ccc(OCC(=O)OC2(C)C3CC4CC(C3)CC2C4)cc1. The van der Waals surface area contributed by atoms with Crippen molar-refractivity contribution in [3.8, 4) is 80.5 Å². The zero-order valence-corrected chi connectivity index (χ0v) is 65.6. The Labute approximate surface area is 649 Å². The van der Waals surface area contributed by atoms with Gasteiger partial charge in [0.25, 0.3) is 0 Å². The zero-order chi connectivity index (χ0) is 74.5. The Morgan fingerprint density at radius 3 is 0.633 bits per heavy atom. The van der Waals surface area contributed by atoms with Crippen molar-refractivity contribution in [3.05, 3.63) is 128 Å². The molecule has 0 saturated heterocycles. The molecule has 109 heavy (non-hydrogen) atoms. The standard InChI is InChI=1S/C90H102IO18/c1-87(59-27-51-23-52(29-59)30-60(87)28-51)106-81(92)47-98-69-7-15-73(16-8-69)102-77-43-67(44-78(85(77)96-5)103-74-17-9-70(10-18-74)99-48-82(93)107-88(2)61-31-53-24-54(33-61)34-62(88)32-53)91-68-45-79(104-75-19-11-71(12-20-75)100-49-83(94)108-89(3)63-35-55-25-56(37-63)38-64(89)36-55)86(97-6)80(46-68)105-76-21-13-72(14-22-76)101-50-84(95)109-90(4)65-39-57-26-58(41-65)42-66(90)40-57/h7-22,43-46,51-66H,23-42,47-50H2,1-6H3/q+1. The molecule has 0 radical (unpaired) electrons. The summed E-state index contributed by atoms with van der Waals surface area (Å²) in [5, 5.41) is 0. The van der Waals surface area contributed by atoms with Crippen LogP contribution in [0.5, 0.6) is 80.5 Å².